The van der Waals surface area contributed by atoms with Crippen molar-refractivity contribution in [1.29, 1.82) is 0 Å². The summed E-state index contributed by atoms with van der Waals surface area (Å²) in [6, 6.07) is 1.93. The summed E-state index contributed by atoms with van der Waals surface area (Å²) < 4.78 is 0.968. The van der Waals surface area contributed by atoms with Crippen LogP contribution in [0.5, 0.6) is 0 Å². The Kier molecular flexibility index (Phi) is 4.27. The molecule has 0 atom stereocenters. The Bertz CT molecular complexity index is 603. The minimum absolute atomic E-state index is 0.155. The molecule has 0 spiro atoms. The zero-order valence-corrected chi connectivity index (χ0v) is 12.3. The summed E-state index contributed by atoms with van der Waals surface area (Å²) in [4.78, 5) is 19.4. The second-order valence-electron chi connectivity index (χ2n) is 3.47. The fourth-order valence-electron chi connectivity index (χ4n) is 1.48. The van der Waals surface area contributed by atoms with Gasteiger partial charge in [-0.3, -0.25) is 10.1 Å². The number of nitro groups is 1. The highest BCUT2D eigenvalue weighted by Gasteiger charge is 2.22. The molecule has 0 bridgehead atoms. The molecule has 0 amide bonds. The first-order valence-electron chi connectivity index (χ1n) is 5.26. The standard InChI is InChI=1S/C10H10BrN5O2S/c1-12-9-8(16(17)18)10(15-5-14-9)13-4-7-6(11)2-3-19-7/h2-3,5H,4H2,1H3,(H2,12,13,14,15). The summed E-state index contributed by atoms with van der Waals surface area (Å²) in [5.74, 6) is 0.386. The van der Waals surface area contributed by atoms with E-state index in [1.165, 1.54) is 6.33 Å². The van der Waals surface area contributed by atoms with E-state index in [0.29, 0.717) is 6.54 Å². The molecule has 19 heavy (non-hydrogen) atoms. The van der Waals surface area contributed by atoms with Crippen LogP contribution in [0.4, 0.5) is 17.3 Å². The fourth-order valence-corrected chi connectivity index (χ4v) is 2.91. The third-order valence-electron chi connectivity index (χ3n) is 2.35. The van der Waals surface area contributed by atoms with Gasteiger partial charge in [-0.25, -0.2) is 9.97 Å². The number of halogens is 1. The molecule has 0 aliphatic rings. The fraction of sp³-hybridized carbons (Fsp3) is 0.200. The lowest BCUT2D eigenvalue weighted by atomic mass is 10.4. The number of rotatable bonds is 5. The molecule has 0 saturated heterocycles. The largest absolute Gasteiger partial charge is 0.367 e. The van der Waals surface area contributed by atoms with Crippen LogP contribution in [-0.2, 0) is 6.54 Å². The van der Waals surface area contributed by atoms with Crippen molar-refractivity contribution >= 4 is 44.6 Å². The minimum atomic E-state index is -0.502. The average molecular weight is 344 g/mol. The van der Waals surface area contributed by atoms with Gasteiger partial charge in [-0.1, -0.05) is 0 Å². The Balaban J connectivity index is 2.25. The third kappa shape index (κ3) is 2.99. The zero-order chi connectivity index (χ0) is 13.8. The van der Waals surface area contributed by atoms with Crippen molar-refractivity contribution in [3.8, 4) is 0 Å². The van der Waals surface area contributed by atoms with Gasteiger partial charge in [-0.15, -0.1) is 11.3 Å². The molecule has 100 valence electrons. The van der Waals surface area contributed by atoms with Crippen LogP contribution in [0.15, 0.2) is 22.2 Å². The van der Waals surface area contributed by atoms with Gasteiger partial charge in [0.1, 0.15) is 6.33 Å². The molecule has 0 saturated carbocycles. The Labute approximate surface area is 121 Å². The molecule has 2 rings (SSSR count). The second-order valence-corrected chi connectivity index (χ2v) is 5.33. The Morgan fingerprint density at radius 2 is 2.21 bits per heavy atom. The molecule has 0 radical (unpaired) electrons. The van der Waals surface area contributed by atoms with Gasteiger partial charge in [0, 0.05) is 16.4 Å². The molecule has 0 aliphatic heterocycles. The number of hydrogen-bond acceptors (Lipinski definition) is 7. The van der Waals surface area contributed by atoms with Gasteiger partial charge < -0.3 is 10.6 Å². The van der Waals surface area contributed by atoms with Gasteiger partial charge in [-0.2, -0.15) is 0 Å². The van der Waals surface area contributed by atoms with Crippen molar-refractivity contribution in [1.82, 2.24) is 9.97 Å². The SMILES string of the molecule is CNc1ncnc(NCc2sccc2Br)c1[N+](=O)[O-]. The van der Waals surface area contributed by atoms with Gasteiger partial charge in [-0.05, 0) is 27.4 Å². The third-order valence-corrected chi connectivity index (χ3v) is 4.28. The normalized spacial score (nSPS) is 10.2. The number of anilines is 2. The number of nitrogens with zero attached hydrogens (tertiary/aromatic N) is 3. The van der Waals surface area contributed by atoms with Gasteiger partial charge in [0.15, 0.2) is 0 Å². The van der Waals surface area contributed by atoms with Crippen molar-refractivity contribution in [2.75, 3.05) is 17.7 Å². The van der Waals surface area contributed by atoms with Crippen molar-refractivity contribution in [2.45, 2.75) is 6.54 Å². The lowest BCUT2D eigenvalue weighted by Gasteiger charge is -2.07. The first-order valence-corrected chi connectivity index (χ1v) is 6.93. The van der Waals surface area contributed by atoms with E-state index in [1.54, 1.807) is 18.4 Å². The maximum atomic E-state index is 11.1. The predicted octanol–water partition coefficient (Wildman–Crippen LogP) is 2.86. The molecule has 2 heterocycles. The predicted molar refractivity (Wildman–Crippen MR) is 77.6 cm³/mol. The quantitative estimate of drug-likeness (QED) is 0.640. The van der Waals surface area contributed by atoms with Gasteiger partial charge >= 0.3 is 5.69 Å². The van der Waals surface area contributed by atoms with Crippen LogP contribution < -0.4 is 10.6 Å². The second kappa shape index (κ2) is 5.93. The van der Waals surface area contributed by atoms with E-state index < -0.39 is 4.92 Å². The molecule has 9 heteroatoms. The van der Waals surface area contributed by atoms with Crippen molar-refractivity contribution in [3.63, 3.8) is 0 Å². The van der Waals surface area contributed by atoms with Crippen LogP contribution >= 0.6 is 27.3 Å². The summed E-state index contributed by atoms with van der Waals surface area (Å²) in [6.45, 7) is 0.458. The topological polar surface area (TPSA) is 93.0 Å². The molecular weight excluding hydrogens is 334 g/mol. The summed E-state index contributed by atoms with van der Waals surface area (Å²) >= 11 is 4.96. The monoisotopic (exact) mass is 343 g/mol. The number of thiophene rings is 1. The van der Waals surface area contributed by atoms with Gasteiger partial charge in [0.2, 0.25) is 11.6 Å². The smallest absolute Gasteiger partial charge is 0.353 e. The molecule has 0 unspecified atom stereocenters. The highest BCUT2D eigenvalue weighted by Crippen LogP contribution is 2.30. The van der Waals surface area contributed by atoms with Crippen molar-refractivity contribution < 1.29 is 4.92 Å². The first-order chi connectivity index (χ1) is 9.13. The number of nitrogens with one attached hydrogen (secondary N) is 2. The zero-order valence-electron chi connectivity index (χ0n) is 9.88. The van der Waals surface area contributed by atoms with Crippen LogP contribution in [-0.4, -0.2) is 21.9 Å². The molecular formula is C10H10BrN5O2S. The van der Waals surface area contributed by atoms with Crippen molar-refractivity contribution in [3.05, 3.63) is 37.2 Å². The van der Waals surface area contributed by atoms with Crippen LogP contribution in [0.1, 0.15) is 4.88 Å². The molecule has 7 nitrogen and oxygen atoms in total. The number of aromatic nitrogens is 2. The van der Waals surface area contributed by atoms with E-state index in [-0.39, 0.29) is 17.3 Å². The van der Waals surface area contributed by atoms with E-state index in [0.717, 1.165) is 9.35 Å². The maximum Gasteiger partial charge on any atom is 0.353 e. The summed E-state index contributed by atoms with van der Waals surface area (Å²) in [7, 11) is 1.58. The Morgan fingerprint density at radius 1 is 1.47 bits per heavy atom. The maximum absolute atomic E-state index is 11.1. The van der Waals surface area contributed by atoms with E-state index in [2.05, 4.69) is 36.5 Å². The Hall–Kier alpha value is -1.74. The highest BCUT2D eigenvalue weighted by molar-refractivity contribution is 9.10. The van der Waals surface area contributed by atoms with Crippen LogP contribution in [0.3, 0.4) is 0 Å². The first kappa shape index (κ1) is 13.7. The minimum Gasteiger partial charge on any atom is -0.367 e. The molecule has 0 aromatic carbocycles. The van der Waals surface area contributed by atoms with E-state index in [9.17, 15) is 10.1 Å². The lowest BCUT2D eigenvalue weighted by molar-refractivity contribution is -0.383. The lowest BCUT2D eigenvalue weighted by Crippen LogP contribution is -2.07. The van der Waals surface area contributed by atoms with Crippen LogP contribution in [0.2, 0.25) is 0 Å². The molecule has 0 aliphatic carbocycles. The highest BCUT2D eigenvalue weighted by atomic mass is 79.9. The van der Waals surface area contributed by atoms with E-state index in [4.69, 9.17) is 0 Å². The summed E-state index contributed by atoms with van der Waals surface area (Å²) in [6.07, 6.45) is 1.28. The molecule has 2 aromatic rings. The van der Waals surface area contributed by atoms with Crippen LogP contribution in [0.25, 0.3) is 0 Å². The van der Waals surface area contributed by atoms with Gasteiger partial charge in [0.05, 0.1) is 11.5 Å². The number of hydrogen-bond donors (Lipinski definition) is 2. The van der Waals surface area contributed by atoms with Gasteiger partial charge in [0.25, 0.3) is 0 Å². The average Bonchev–Trinajstić information content (AvgIpc) is 2.81. The Morgan fingerprint density at radius 3 is 2.79 bits per heavy atom. The molecule has 0 fully saturated rings. The summed E-state index contributed by atoms with van der Waals surface area (Å²) in [5, 5.41) is 18.7. The van der Waals surface area contributed by atoms with Crippen LogP contribution in [0, 0.1) is 10.1 Å². The summed E-state index contributed by atoms with van der Waals surface area (Å²) in [5.41, 5.74) is -0.155. The molecule has 2 N–H and O–H groups in total. The van der Waals surface area contributed by atoms with Crippen molar-refractivity contribution in [2.24, 2.45) is 0 Å². The molecule has 2 aromatic heterocycles. The van der Waals surface area contributed by atoms with E-state index >= 15 is 0 Å². The van der Waals surface area contributed by atoms with E-state index in [1.807, 2.05) is 11.4 Å².